The number of aromatic nitrogens is 2. The first kappa shape index (κ1) is 21.8. The topological polar surface area (TPSA) is 86.9 Å². The molecule has 0 unspecified atom stereocenters. The molecule has 0 radical (unpaired) electrons. The number of nitriles is 1. The van der Waals surface area contributed by atoms with Crippen LogP contribution in [0.25, 0.3) is 0 Å². The largest absolute Gasteiger partial charge is 0.481 e. The van der Waals surface area contributed by atoms with E-state index in [-0.39, 0.29) is 0 Å². The van der Waals surface area contributed by atoms with Gasteiger partial charge in [0.25, 0.3) is 0 Å². The number of hydrogen-bond acceptors (Lipinski definition) is 4. The number of hydrogen-bond donors (Lipinski definition) is 1. The van der Waals surface area contributed by atoms with Gasteiger partial charge in [-0.15, -0.1) is 0 Å². The highest BCUT2D eigenvalue weighted by Gasteiger charge is 2.30. The van der Waals surface area contributed by atoms with Crippen molar-refractivity contribution >= 4 is 51.2 Å². The van der Waals surface area contributed by atoms with Crippen molar-refractivity contribution in [3.63, 3.8) is 0 Å². The molecule has 0 bridgehead atoms. The van der Waals surface area contributed by atoms with Gasteiger partial charge in [0.1, 0.15) is 5.41 Å². The highest BCUT2D eigenvalue weighted by Crippen LogP contribution is 2.22. The Bertz CT molecular complexity index is 799. The first-order chi connectivity index (χ1) is 11.5. The van der Waals surface area contributed by atoms with Gasteiger partial charge in [-0.1, -0.05) is 0 Å². The standard InChI is InChI=1S/C9H9IN2.C9H10INO2/c1-9(2,6-11)8-5-7(10)3-4-12-8;1-9(2,8(12)13)7-5-6(10)3-4-11-7/h3-5H,1-2H3;3-5H,1-2H3,(H,12,13). The lowest BCUT2D eigenvalue weighted by atomic mass is 9.89. The van der Waals surface area contributed by atoms with Crippen molar-refractivity contribution < 1.29 is 9.90 Å². The molecular formula is C18H19I2N3O2. The molecule has 0 aliphatic heterocycles. The smallest absolute Gasteiger partial charge is 0.315 e. The van der Waals surface area contributed by atoms with Gasteiger partial charge in [0.15, 0.2) is 0 Å². The number of rotatable bonds is 3. The highest BCUT2D eigenvalue weighted by molar-refractivity contribution is 14.1. The van der Waals surface area contributed by atoms with Crippen molar-refractivity contribution in [1.82, 2.24) is 9.97 Å². The van der Waals surface area contributed by atoms with Gasteiger partial charge < -0.3 is 5.11 Å². The SMILES string of the molecule is CC(C)(C#N)c1cc(I)ccn1.CC(C)(C(=O)O)c1cc(I)ccn1. The second-order valence-corrected chi connectivity index (χ2v) is 8.88. The predicted octanol–water partition coefficient (Wildman–Crippen LogP) is 4.54. The maximum atomic E-state index is 10.9. The Labute approximate surface area is 175 Å². The molecule has 0 saturated carbocycles. The normalized spacial score (nSPS) is 11.1. The average molecular weight is 563 g/mol. The third-order valence-electron chi connectivity index (χ3n) is 3.54. The summed E-state index contributed by atoms with van der Waals surface area (Å²) in [5.74, 6) is -0.859. The fourth-order valence-corrected chi connectivity index (χ4v) is 2.57. The molecule has 0 aromatic carbocycles. The van der Waals surface area contributed by atoms with Crippen LogP contribution in [0.1, 0.15) is 39.1 Å². The van der Waals surface area contributed by atoms with E-state index in [0.29, 0.717) is 5.69 Å². The second kappa shape index (κ2) is 8.89. The summed E-state index contributed by atoms with van der Waals surface area (Å²) in [7, 11) is 0. The fourth-order valence-electron chi connectivity index (χ4n) is 1.66. The van der Waals surface area contributed by atoms with Gasteiger partial charge in [0.2, 0.25) is 0 Å². The van der Waals surface area contributed by atoms with Crippen molar-refractivity contribution in [2.24, 2.45) is 0 Å². The summed E-state index contributed by atoms with van der Waals surface area (Å²) in [4.78, 5) is 19.1. The molecule has 2 aromatic rings. The molecule has 2 rings (SSSR count). The Morgan fingerprint density at radius 3 is 1.88 bits per heavy atom. The van der Waals surface area contributed by atoms with Gasteiger partial charge in [0, 0.05) is 19.5 Å². The number of aliphatic carboxylic acids is 1. The van der Waals surface area contributed by atoms with Gasteiger partial charge >= 0.3 is 5.97 Å². The quantitative estimate of drug-likeness (QED) is 0.555. The molecule has 0 fully saturated rings. The van der Waals surface area contributed by atoms with E-state index in [2.05, 4.69) is 61.2 Å². The lowest BCUT2D eigenvalue weighted by Crippen LogP contribution is -2.29. The van der Waals surface area contributed by atoms with Crippen LogP contribution in [0.4, 0.5) is 0 Å². The zero-order valence-corrected chi connectivity index (χ0v) is 18.7. The van der Waals surface area contributed by atoms with Crippen LogP contribution < -0.4 is 0 Å². The summed E-state index contributed by atoms with van der Waals surface area (Å²) in [5.41, 5.74) is 0.0198. The third-order valence-corrected chi connectivity index (χ3v) is 4.88. The summed E-state index contributed by atoms with van der Waals surface area (Å²) in [5, 5.41) is 17.8. The molecule has 0 spiro atoms. The Morgan fingerprint density at radius 2 is 1.48 bits per heavy atom. The Hall–Kier alpha value is -1.28. The minimum atomic E-state index is -0.915. The Kier molecular flexibility index (Phi) is 7.74. The molecule has 7 heteroatoms. The van der Waals surface area contributed by atoms with Crippen LogP contribution in [0.5, 0.6) is 0 Å². The maximum absolute atomic E-state index is 10.9. The van der Waals surface area contributed by atoms with Crippen molar-refractivity contribution in [3.05, 3.63) is 55.2 Å². The van der Waals surface area contributed by atoms with E-state index in [1.54, 1.807) is 32.3 Å². The monoisotopic (exact) mass is 563 g/mol. The molecule has 5 nitrogen and oxygen atoms in total. The molecule has 25 heavy (non-hydrogen) atoms. The molecule has 0 saturated heterocycles. The van der Waals surface area contributed by atoms with E-state index in [1.165, 1.54) is 0 Å². The summed E-state index contributed by atoms with van der Waals surface area (Å²) in [6.07, 6.45) is 3.36. The predicted molar refractivity (Wildman–Crippen MR) is 113 cm³/mol. The zero-order valence-electron chi connectivity index (χ0n) is 14.4. The van der Waals surface area contributed by atoms with E-state index in [1.807, 2.05) is 32.0 Å². The van der Waals surface area contributed by atoms with Crippen LogP contribution in [0.15, 0.2) is 36.7 Å². The minimum Gasteiger partial charge on any atom is -0.481 e. The average Bonchev–Trinajstić information content (AvgIpc) is 2.55. The summed E-state index contributed by atoms with van der Waals surface area (Å²) in [6, 6.07) is 9.69. The van der Waals surface area contributed by atoms with Crippen LogP contribution in [0, 0.1) is 18.5 Å². The van der Waals surface area contributed by atoms with Crippen molar-refractivity contribution in [2.45, 2.75) is 38.5 Å². The van der Waals surface area contributed by atoms with Gasteiger partial charge in [-0.25, -0.2) is 0 Å². The van der Waals surface area contributed by atoms with Gasteiger partial charge in [-0.2, -0.15) is 5.26 Å². The number of halogens is 2. The molecule has 0 aliphatic carbocycles. The number of carboxylic acids is 1. The number of carbonyl (C=O) groups is 1. The first-order valence-corrected chi connectivity index (χ1v) is 9.55. The molecule has 0 atom stereocenters. The summed E-state index contributed by atoms with van der Waals surface area (Å²) in [6.45, 7) is 7.03. The molecule has 0 amide bonds. The fraction of sp³-hybridized carbons (Fsp3) is 0.333. The van der Waals surface area contributed by atoms with Crippen LogP contribution in [-0.4, -0.2) is 21.0 Å². The number of pyridine rings is 2. The van der Waals surface area contributed by atoms with Crippen LogP contribution in [-0.2, 0) is 15.6 Å². The van der Waals surface area contributed by atoms with E-state index in [0.717, 1.165) is 12.8 Å². The van der Waals surface area contributed by atoms with Gasteiger partial charge in [0.05, 0.1) is 22.9 Å². The minimum absolute atomic E-state index is 0.485. The van der Waals surface area contributed by atoms with Crippen molar-refractivity contribution in [2.75, 3.05) is 0 Å². The molecule has 2 aromatic heterocycles. The van der Waals surface area contributed by atoms with Crippen LogP contribution in [0.3, 0.4) is 0 Å². The summed E-state index contributed by atoms with van der Waals surface area (Å²) >= 11 is 4.35. The van der Waals surface area contributed by atoms with Gasteiger partial charge in [-0.05, 0) is 97.1 Å². The maximum Gasteiger partial charge on any atom is 0.315 e. The van der Waals surface area contributed by atoms with Crippen molar-refractivity contribution in [1.29, 1.82) is 5.26 Å². The first-order valence-electron chi connectivity index (χ1n) is 7.39. The molecule has 1 N–H and O–H groups in total. The Morgan fingerprint density at radius 1 is 1.04 bits per heavy atom. The zero-order chi connectivity index (χ0) is 19.3. The Balaban J connectivity index is 0.000000251. The molecule has 2 heterocycles. The second-order valence-electron chi connectivity index (χ2n) is 6.39. The van der Waals surface area contributed by atoms with E-state index in [9.17, 15) is 4.79 Å². The van der Waals surface area contributed by atoms with Crippen LogP contribution >= 0.6 is 45.2 Å². The van der Waals surface area contributed by atoms with Crippen LogP contribution in [0.2, 0.25) is 0 Å². The van der Waals surface area contributed by atoms with Gasteiger partial charge in [-0.3, -0.25) is 14.8 Å². The lowest BCUT2D eigenvalue weighted by Gasteiger charge is -2.18. The third kappa shape index (κ3) is 6.18. The molecular weight excluding hydrogens is 544 g/mol. The molecule has 0 aliphatic rings. The highest BCUT2D eigenvalue weighted by atomic mass is 127. The molecule has 132 valence electrons. The van der Waals surface area contributed by atoms with Crippen molar-refractivity contribution in [3.8, 4) is 6.07 Å². The van der Waals surface area contributed by atoms with E-state index in [4.69, 9.17) is 10.4 Å². The number of carboxylic acid groups (broad SMARTS) is 1. The summed E-state index contributed by atoms with van der Waals surface area (Å²) < 4.78 is 2.11. The lowest BCUT2D eigenvalue weighted by molar-refractivity contribution is -0.142. The van der Waals surface area contributed by atoms with E-state index >= 15 is 0 Å². The number of nitrogens with zero attached hydrogens (tertiary/aromatic N) is 3. The van der Waals surface area contributed by atoms with E-state index < -0.39 is 16.8 Å².